The Labute approximate surface area is 179 Å². The maximum atomic E-state index is 3.86. The summed E-state index contributed by atoms with van der Waals surface area (Å²) in [4.78, 5) is 0. The highest BCUT2D eigenvalue weighted by atomic mass is 32.1. The van der Waals surface area contributed by atoms with Gasteiger partial charge in [0.05, 0.1) is 6.04 Å². The molecule has 4 aromatic carbocycles. The number of benzene rings is 4. The molecule has 0 saturated carbocycles. The van der Waals surface area contributed by atoms with Crippen LogP contribution in [0.15, 0.2) is 91.0 Å². The molecule has 0 saturated heterocycles. The van der Waals surface area contributed by atoms with Crippen molar-refractivity contribution >= 4 is 43.3 Å². The summed E-state index contributed by atoms with van der Waals surface area (Å²) in [5, 5.41) is 6.57. The van der Waals surface area contributed by atoms with Gasteiger partial charge in [-0.15, -0.1) is 11.3 Å². The maximum absolute atomic E-state index is 3.86. The molecular formula is C28H19NS. The first kappa shape index (κ1) is 16.4. The van der Waals surface area contributed by atoms with Gasteiger partial charge < -0.3 is 5.32 Å². The molecule has 1 N–H and O–H groups in total. The third-order valence-corrected chi connectivity index (χ3v) is 7.83. The van der Waals surface area contributed by atoms with E-state index in [9.17, 15) is 0 Å². The lowest BCUT2D eigenvalue weighted by atomic mass is 9.81. The second-order valence-corrected chi connectivity index (χ2v) is 9.24. The quantitative estimate of drug-likeness (QED) is 0.304. The van der Waals surface area contributed by atoms with Crippen molar-refractivity contribution in [3.63, 3.8) is 0 Å². The molecule has 30 heavy (non-hydrogen) atoms. The zero-order chi connectivity index (χ0) is 19.7. The van der Waals surface area contributed by atoms with Crippen LogP contribution in [0.5, 0.6) is 0 Å². The summed E-state index contributed by atoms with van der Waals surface area (Å²) in [5.41, 5.74) is 8.10. The normalized spacial score (nSPS) is 18.8. The minimum absolute atomic E-state index is 0.317. The summed E-state index contributed by atoms with van der Waals surface area (Å²) >= 11 is 1.90. The second-order valence-electron chi connectivity index (χ2n) is 8.19. The van der Waals surface area contributed by atoms with E-state index in [4.69, 9.17) is 0 Å². The van der Waals surface area contributed by atoms with Crippen LogP contribution in [0, 0.1) is 0 Å². The molecule has 1 nitrogen and oxygen atoms in total. The molecule has 2 heterocycles. The molecule has 1 aliphatic heterocycles. The first-order valence-corrected chi connectivity index (χ1v) is 11.3. The van der Waals surface area contributed by atoms with Crippen LogP contribution in [0.1, 0.15) is 22.6 Å². The van der Waals surface area contributed by atoms with Crippen LogP contribution in [0.25, 0.3) is 37.4 Å². The molecule has 0 radical (unpaired) electrons. The fraction of sp³-hybridized carbons (Fsp3) is 0.0714. The summed E-state index contributed by atoms with van der Waals surface area (Å²) < 4.78 is 2.73. The summed E-state index contributed by atoms with van der Waals surface area (Å²) in [6.45, 7) is 0. The van der Waals surface area contributed by atoms with Crippen molar-refractivity contribution in [2.24, 2.45) is 0 Å². The highest BCUT2D eigenvalue weighted by molar-refractivity contribution is 7.26. The summed E-state index contributed by atoms with van der Waals surface area (Å²) in [6.07, 6.45) is 4.60. The van der Waals surface area contributed by atoms with Crippen LogP contribution in [0.3, 0.4) is 0 Å². The lowest BCUT2D eigenvalue weighted by Gasteiger charge is -2.23. The van der Waals surface area contributed by atoms with Gasteiger partial charge in [0.25, 0.3) is 0 Å². The van der Waals surface area contributed by atoms with E-state index >= 15 is 0 Å². The van der Waals surface area contributed by atoms with E-state index in [1.54, 1.807) is 0 Å². The Morgan fingerprint density at radius 2 is 1.43 bits per heavy atom. The Bertz CT molecular complexity index is 1490. The topological polar surface area (TPSA) is 12.0 Å². The molecule has 7 rings (SSSR count). The van der Waals surface area contributed by atoms with Gasteiger partial charge in [-0.05, 0) is 22.8 Å². The second kappa shape index (κ2) is 6.07. The van der Waals surface area contributed by atoms with E-state index < -0.39 is 0 Å². The van der Waals surface area contributed by atoms with Crippen molar-refractivity contribution < 1.29 is 0 Å². The summed E-state index contributed by atoms with van der Waals surface area (Å²) in [6, 6.07) is 31.4. The fourth-order valence-corrected chi connectivity index (χ4v) is 6.52. The third kappa shape index (κ3) is 2.17. The lowest BCUT2D eigenvalue weighted by Crippen LogP contribution is -2.21. The Morgan fingerprint density at radius 3 is 2.43 bits per heavy atom. The number of fused-ring (bicyclic) bond motifs is 8. The standard InChI is InChI=1S/C28H19NS/c1-2-8-18-17(7-1)15-16-24-26(18)23-13-5-10-20(27(23)29-24)22-12-6-11-21-19-9-3-4-14-25(19)30-28(21)22/h1-16,24,26,29H. The van der Waals surface area contributed by atoms with E-state index in [1.165, 1.54) is 53.7 Å². The minimum Gasteiger partial charge on any atom is -0.377 e. The third-order valence-electron chi connectivity index (χ3n) is 6.61. The Kier molecular flexibility index (Phi) is 3.33. The first-order valence-electron chi connectivity index (χ1n) is 10.5. The molecule has 0 spiro atoms. The zero-order valence-corrected chi connectivity index (χ0v) is 17.1. The van der Waals surface area contributed by atoms with E-state index in [-0.39, 0.29) is 0 Å². The predicted octanol–water partition coefficient (Wildman–Crippen LogP) is 7.67. The van der Waals surface area contributed by atoms with Gasteiger partial charge in [-0.3, -0.25) is 0 Å². The number of nitrogens with one attached hydrogen (secondary N) is 1. The molecule has 2 heteroatoms. The smallest absolute Gasteiger partial charge is 0.0558 e. The van der Waals surface area contributed by atoms with Crippen molar-refractivity contribution in [1.82, 2.24) is 0 Å². The average Bonchev–Trinajstić information content (AvgIpc) is 3.37. The van der Waals surface area contributed by atoms with Gasteiger partial charge in [0.1, 0.15) is 0 Å². The number of thiophene rings is 1. The molecule has 1 aliphatic carbocycles. The number of hydrogen-bond acceptors (Lipinski definition) is 2. The van der Waals surface area contributed by atoms with Crippen molar-refractivity contribution in [3.8, 4) is 11.1 Å². The first-order chi connectivity index (χ1) is 14.9. The Morgan fingerprint density at radius 1 is 0.667 bits per heavy atom. The molecule has 2 atom stereocenters. The van der Waals surface area contributed by atoms with Gasteiger partial charge in [-0.25, -0.2) is 0 Å². The van der Waals surface area contributed by atoms with Gasteiger partial charge >= 0.3 is 0 Å². The van der Waals surface area contributed by atoms with Crippen LogP contribution in [0.2, 0.25) is 0 Å². The van der Waals surface area contributed by atoms with Crippen LogP contribution >= 0.6 is 11.3 Å². The molecule has 1 aromatic heterocycles. The van der Waals surface area contributed by atoms with E-state index in [2.05, 4.69) is 102 Å². The molecule has 0 bridgehead atoms. The maximum Gasteiger partial charge on any atom is 0.0558 e. The largest absolute Gasteiger partial charge is 0.377 e. The number of rotatable bonds is 1. The van der Waals surface area contributed by atoms with E-state index in [0.29, 0.717) is 12.0 Å². The average molecular weight is 402 g/mol. The molecule has 2 unspecified atom stereocenters. The van der Waals surface area contributed by atoms with Crippen molar-refractivity contribution in [3.05, 3.63) is 108 Å². The van der Waals surface area contributed by atoms with Crippen LogP contribution < -0.4 is 5.32 Å². The SMILES string of the molecule is C1=CC2Nc3c(-c4cccc5c4sc4ccccc45)cccc3C2c2ccccc21. The van der Waals surface area contributed by atoms with Gasteiger partial charge in [-0.1, -0.05) is 91.0 Å². The molecular weight excluding hydrogens is 382 g/mol. The monoisotopic (exact) mass is 401 g/mol. The minimum atomic E-state index is 0.317. The highest BCUT2D eigenvalue weighted by Gasteiger charge is 2.36. The Balaban J connectivity index is 1.48. The summed E-state index contributed by atoms with van der Waals surface area (Å²) in [5.74, 6) is 0.378. The number of hydrogen-bond donors (Lipinski definition) is 1. The summed E-state index contributed by atoms with van der Waals surface area (Å²) in [7, 11) is 0. The molecule has 5 aromatic rings. The fourth-order valence-electron chi connectivity index (χ4n) is 5.29. The number of anilines is 1. The van der Waals surface area contributed by atoms with Crippen LogP contribution in [-0.2, 0) is 0 Å². The van der Waals surface area contributed by atoms with Crippen LogP contribution in [0.4, 0.5) is 5.69 Å². The van der Waals surface area contributed by atoms with Crippen molar-refractivity contribution in [2.45, 2.75) is 12.0 Å². The predicted molar refractivity (Wildman–Crippen MR) is 129 cm³/mol. The Hall–Kier alpha value is -3.36. The highest BCUT2D eigenvalue weighted by Crippen LogP contribution is 2.50. The molecule has 0 amide bonds. The molecule has 142 valence electrons. The van der Waals surface area contributed by atoms with Gasteiger partial charge in [0.2, 0.25) is 0 Å². The van der Waals surface area contributed by atoms with Crippen molar-refractivity contribution in [1.29, 1.82) is 0 Å². The van der Waals surface area contributed by atoms with E-state index in [1.807, 2.05) is 11.3 Å². The van der Waals surface area contributed by atoms with E-state index in [0.717, 1.165) is 0 Å². The van der Waals surface area contributed by atoms with Gasteiger partial charge in [0.15, 0.2) is 0 Å². The molecule has 0 fully saturated rings. The van der Waals surface area contributed by atoms with Gasteiger partial charge in [-0.2, -0.15) is 0 Å². The zero-order valence-electron chi connectivity index (χ0n) is 16.3. The van der Waals surface area contributed by atoms with Gasteiger partial charge in [0, 0.05) is 42.9 Å². The van der Waals surface area contributed by atoms with Crippen LogP contribution in [-0.4, -0.2) is 6.04 Å². The lowest BCUT2D eigenvalue weighted by molar-refractivity contribution is 0.778. The van der Waals surface area contributed by atoms with Crippen molar-refractivity contribution in [2.75, 3.05) is 5.32 Å². The molecule has 2 aliphatic rings. The number of para-hydroxylation sites is 1.